The molecule has 1 aliphatic rings. The lowest BCUT2D eigenvalue weighted by molar-refractivity contribution is -0.140. The molecule has 0 aromatic heterocycles. The molecule has 0 unspecified atom stereocenters. The number of carboxylic acid groups (broad SMARTS) is 1. The van der Waals surface area contributed by atoms with Crippen LogP contribution in [-0.4, -0.2) is 66.6 Å². The molecule has 19 heavy (non-hydrogen) atoms. The molecular formula is C12H22N2O5. The highest BCUT2D eigenvalue weighted by molar-refractivity contribution is 5.80. The van der Waals surface area contributed by atoms with E-state index in [9.17, 15) is 9.59 Å². The molecule has 0 aromatic rings. The molecule has 1 saturated heterocycles. The SMILES string of the molecule is CC(C)(C)OC(=O)N[C@@H](CN1CCOCC1)C(=O)O. The predicted octanol–water partition coefficient (Wildman–Crippen LogP) is 0.297. The van der Waals surface area contributed by atoms with Gasteiger partial charge in [-0.2, -0.15) is 0 Å². The molecule has 0 spiro atoms. The third-order valence-corrected chi connectivity index (χ3v) is 2.53. The molecule has 2 N–H and O–H groups in total. The molecule has 1 rings (SSSR count). The molecule has 7 nitrogen and oxygen atoms in total. The Morgan fingerprint density at radius 1 is 1.37 bits per heavy atom. The van der Waals surface area contributed by atoms with E-state index in [-0.39, 0.29) is 6.54 Å². The number of carbonyl (C=O) groups is 2. The average Bonchev–Trinajstić information content (AvgIpc) is 2.26. The van der Waals surface area contributed by atoms with Crippen LogP contribution in [0.2, 0.25) is 0 Å². The van der Waals surface area contributed by atoms with Gasteiger partial charge in [0.15, 0.2) is 0 Å². The molecule has 7 heteroatoms. The minimum Gasteiger partial charge on any atom is -0.480 e. The first-order valence-electron chi connectivity index (χ1n) is 6.30. The molecule has 1 amide bonds. The number of ether oxygens (including phenoxy) is 2. The minimum atomic E-state index is -1.07. The number of hydrogen-bond acceptors (Lipinski definition) is 5. The van der Waals surface area contributed by atoms with Gasteiger partial charge in [-0.05, 0) is 20.8 Å². The van der Waals surface area contributed by atoms with Crippen molar-refractivity contribution in [3.63, 3.8) is 0 Å². The number of alkyl carbamates (subject to hydrolysis) is 1. The second-order valence-electron chi connectivity index (χ2n) is 5.45. The van der Waals surface area contributed by atoms with E-state index >= 15 is 0 Å². The third-order valence-electron chi connectivity index (χ3n) is 2.53. The molecular weight excluding hydrogens is 252 g/mol. The van der Waals surface area contributed by atoms with Crippen molar-refractivity contribution in [2.45, 2.75) is 32.4 Å². The van der Waals surface area contributed by atoms with Crippen molar-refractivity contribution in [2.75, 3.05) is 32.8 Å². The number of aliphatic carboxylic acids is 1. The third kappa shape index (κ3) is 6.40. The highest BCUT2D eigenvalue weighted by atomic mass is 16.6. The standard InChI is InChI=1S/C12H22N2O5/c1-12(2,3)19-11(17)13-9(10(15)16)8-14-4-6-18-7-5-14/h9H,4-8H2,1-3H3,(H,13,17)(H,15,16)/t9-/m0/s1. The van der Waals surface area contributed by atoms with Crippen molar-refractivity contribution < 1.29 is 24.2 Å². The molecule has 0 aromatic carbocycles. The number of morpholine rings is 1. The first-order valence-corrected chi connectivity index (χ1v) is 6.30. The quantitative estimate of drug-likeness (QED) is 0.766. The summed E-state index contributed by atoms with van der Waals surface area (Å²) in [5, 5.41) is 11.5. The molecule has 110 valence electrons. The summed E-state index contributed by atoms with van der Waals surface area (Å²) in [4.78, 5) is 24.7. The van der Waals surface area contributed by atoms with Gasteiger partial charge in [0.2, 0.25) is 0 Å². The van der Waals surface area contributed by atoms with Gasteiger partial charge in [0.05, 0.1) is 13.2 Å². The fraction of sp³-hybridized carbons (Fsp3) is 0.833. The zero-order valence-corrected chi connectivity index (χ0v) is 11.6. The van der Waals surface area contributed by atoms with Gasteiger partial charge in [0, 0.05) is 19.6 Å². The summed E-state index contributed by atoms with van der Waals surface area (Å²) in [6, 6.07) is -0.979. The van der Waals surface area contributed by atoms with Crippen LogP contribution >= 0.6 is 0 Å². The predicted molar refractivity (Wildman–Crippen MR) is 68.1 cm³/mol. The molecule has 1 aliphatic heterocycles. The number of nitrogens with zero attached hydrogens (tertiary/aromatic N) is 1. The Morgan fingerprint density at radius 2 is 1.95 bits per heavy atom. The van der Waals surface area contributed by atoms with Crippen LogP contribution in [0.15, 0.2) is 0 Å². The van der Waals surface area contributed by atoms with E-state index in [1.54, 1.807) is 20.8 Å². The zero-order valence-electron chi connectivity index (χ0n) is 11.6. The maximum atomic E-state index is 11.6. The van der Waals surface area contributed by atoms with Crippen molar-refractivity contribution in [1.29, 1.82) is 0 Å². The molecule has 0 bridgehead atoms. The second-order valence-corrected chi connectivity index (χ2v) is 5.45. The Kier molecular flexibility index (Phi) is 5.56. The van der Waals surface area contributed by atoms with Crippen LogP contribution < -0.4 is 5.32 Å². The van der Waals surface area contributed by atoms with Crippen LogP contribution in [0.3, 0.4) is 0 Å². The van der Waals surface area contributed by atoms with Crippen molar-refractivity contribution in [2.24, 2.45) is 0 Å². The number of amides is 1. The lowest BCUT2D eigenvalue weighted by atomic mass is 10.2. The molecule has 1 heterocycles. The fourth-order valence-electron chi connectivity index (χ4n) is 1.68. The maximum absolute atomic E-state index is 11.6. The van der Waals surface area contributed by atoms with Crippen molar-refractivity contribution in [3.8, 4) is 0 Å². The summed E-state index contributed by atoms with van der Waals surface area (Å²) < 4.78 is 10.2. The smallest absolute Gasteiger partial charge is 0.408 e. The van der Waals surface area contributed by atoms with Crippen LogP contribution in [-0.2, 0) is 14.3 Å². The number of nitrogens with one attached hydrogen (secondary N) is 1. The minimum absolute atomic E-state index is 0.248. The van der Waals surface area contributed by atoms with Crippen LogP contribution in [0.5, 0.6) is 0 Å². The number of rotatable bonds is 4. The van der Waals surface area contributed by atoms with Gasteiger partial charge >= 0.3 is 12.1 Å². The van der Waals surface area contributed by atoms with Gasteiger partial charge in [-0.1, -0.05) is 0 Å². The fourth-order valence-corrected chi connectivity index (χ4v) is 1.68. The van der Waals surface area contributed by atoms with E-state index < -0.39 is 23.7 Å². The summed E-state index contributed by atoms with van der Waals surface area (Å²) in [6.45, 7) is 7.92. The first kappa shape index (κ1) is 15.7. The van der Waals surface area contributed by atoms with Crippen LogP contribution in [0.4, 0.5) is 4.79 Å². The topological polar surface area (TPSA) is 88.1 Å². The Labute approximate surface area is 112 Å². The number of carboxylic acids is 1. The monoisotopic (exact) mass is 274 g/mol. The van der Waals surface area contributed by atoms with Crippen molar-refractivity contribution in [3.05, 3.63) is 0 Å². The van der Waals surface area contributed by atoms with E-state index in [0.717, 1.165) is 0 Å². The highest BCUT2D eigenvalue weighted by Gasteiger charge is 2.26. The van der Waals surface area contributed by atoms with Gasteiger partial charge < -0.3 is 19.9 Å². The van der Waals surface area contributed by atoms with E-state index in [4.69, 9.17) is 14.6 Å². The van der Waals surface area contributed by atoms with Crippen LogP contribution in [0.1, 0.15) is 20.8 Å². The number of carbonyl (C=O) groups excluding carboxylic acids is 1. The Bertz CT molecular complexity index is 321. The lowest BCUT2D eigenvalue weighted by Crippen LogP contribution is -2.51. The Balaban J connectivity index is 2.48. The van der Waals surface area contributed by atoms with Gasteiger partial charge in [-0.3, -0.25) is 4.90 Å². The summed E-state index contributed by atoms with van der Waals surface area (Å²) in [5.74, 6) is -1.07. The molecule has 1 fully saturated rings. The van der Waals surface area contributed by atoms with Crippen molar-refractivity contribution in [1.82, 2.24) is 10.2 Å². The van der Waals surface area contributed by atoms with Crippen LogP contribution in [0.25, 0.3) is 0 Å². The van der Waals surface area contributed by atoms with Gasteiger partial charge in [-0.15, -0.1) is 0 Å². The largest absolute Gasteiger partial charge is 0.480 e. The molecule has 0 aliphatic carbocycles. The molecule has 0 radical (unpaired) electrons. The van der Waals surface area contributed by atoms with Gasteiger partial charge in [-0.25, -0.2) is 9.59 Å². The Morgan fingerprint density at radius 3 is 2.42 bits per heavy atom. The second kappa shape index (κ2) is 6.72. The average molecular weight is 274 g/mol. The Hall–Kier alpha value is -1.34. The number of hydrogen-bond donors (Lipinski definition) is 2. The molecule has 0 saturated carbocycles. The summed E-state index contributed by atoms with van der Waals surface area (Å²) in [7, 11) is 0. The van der Waals surface area contributed by atoms with Gasteiger partial charge in [0.1, 0.15) is 11.6 Å². The van der Waals surface area contributed by atoms with Crippen molar-refractivity contribution >= 4 is 12.1 Å². The first-order chi connectivity index (χ1) is 8.78. The van der Waals surface area contributed by atoms with Crippen LogP contribution in [0, 0.1) is 0 Å². The van der Waals surface area contributed by atoms with E-state index in [0.29, 0.717) is 26.3 Å². The summed E-state index contributed by atoms with van der Waals surface area (Å²) in [6.07, 6.45) is -0.715. The zero-order chi connectivity index (χ0) is 14.5. The van der Waals surface area contributed by atoms with E-state index in [1.807, 2.05) is 4.90 Å². The normalized spacial score (nSPS) is 18.7. The lowest BCUT2D eigenvalue weighted by Gasteiger charge is -2.29. The summed E-state index contributed by atoms with van der Waals surface area (Å²) >= 11 is 0. The van der Waals surface area contributed by atoms with E-state index in [2.05, 4.69) is 5.32 Å². The highest BCUT2D eigenvalue weighted by Crippen LogP contribution is 2.07. The molecule has 1 atom stereocenters. The van der Waals surface area contributed by atoms with E-state index in [1.165, 1.54) is 0 Å². The summed E-state index contributed by atoms with van der Waals surface area (Å²) in [5.41, 5.74) is -0.647. The maximum Gasteiger partial charge on any atom is 0.408 e. The van der Waals surface area contributed by atoms with Gasteiger partial charge in [0.25, 0.3) is 0 Å².